The molecule has 0 aromatic carbocycles. The Morgan fingerprint density at radius 1 is 1.53 bits per heavy atom. The summed E-state index contributed by atoms with van der Waals surface area (Å²) in [5.41, 5.74) is -0.273. The van der Waals surface area contributed by atoms with Crippen LogP contribution in [-0.4, -0.2) is 31.4 Å². The Balaban J connectivity index is 1.97. The summed E-state index contributed by atoms with van der Waals surface area (Å²) >= 11 is 2.86. The summed E-state index contributed by atoms with van der Waals surface area (Å²) in [7, 11) is 0. The Morgan fingerprint density at radius 2 is 2.37 bits per heavy atom. The van der Waals surface area contributed by atoms with E-state index < -0.39 is 0 Å². The molecule has 0 unspecified atom stereocenters. The van der Waals surface area contributed by atoms with Gasteiger partial charge in [-0.1, -0.05) is 30.0 Å². The summed E-state index contributed by atoms with van der Waals surface area (Å²) in [5, 5.41) is 10.8. The molecule has 0 aliphatic carbocycles. The number of hydrogen-bond acceptors (Lipinski definition) is 7. The molecule has 100 valence electrons. The lowest BCUT2D eigenvalue weighted by atomic mass is 10.5. The van der Waals surface area contributed by atoms with Gasteiger partial charge in [0.25, 0.3) is 5.56 Å². The number of carbonyl (C=O) groups excluding carboxylic acids is 1. The Morgan fingerprint density at radius 3 is 3.11 bits per heavy atom. The molecule has 0 saturated carbocycles. The van der Waals surface area contributed by atoms with Crippen molar-refractivity contribution < 1.29 is 4.79 Å². The minimum atomic E-state index is -0.334. The van der Waals surface area contributed by atoms with Crippen LogP contribution in [-0.2, 0) is 11.3 Å². The third kappa shape index (κ3) is 3.86. The fraction of sp³-hybridized carbons (Fsp3) is 0.300. The molecule has 0 aliphatic heterocycles. The first kappa shape index (κ1) is 13.7. The van der Waals surface area contributed by atoms with E-state index in [0.717, 1.165) is 10.1 Å². The van der Waals surface area contributed by atoms with Crippen molar-refractivity contribution in [2.24, 2.45) is 0 Å². The summed E-state index contributed by atoms with van der Waals surface area (Å²) in [4.78, 5) is 26.9. The lowest BCUT2D eigenvalue weighted by Gasteiger charge is -2.03. The van der Waals surface area contributed by atoms with Gasteiger partial charge >= 0.3 is 0 Å². The molecule has 2 heterocycles. The monoisotopic (exact) mass is 297 g/mol. The van der Waals surface area contributed by atoms with Crippen molar-refractivity contribution in [2.75, 3.05) is 11.1 Å². The van der Waals surface area contributed by atoms with E-state index in [2.05, 4.69) is 20.5 Å². The maximum Gasteiger partial charge on any atom is 0.253 e. The molecule has 1 amide bonds. The van der Waals surface area contributed by atoms with Gasteiger partial charge in [0.15, 0.2) is 4.34 Å². The van der Waals surface area contributed by atoms with Crippen molar-refractivity contribution in [1.29, 1.82) is 0 Å². The van der Waals surface area contributed by atoms with E-state index in [1.54, 1.807) is 11.8 Å². The molecule has 0 saturated heterocycles. The predicted molar refractivity (Wildman–Crippen MR) is 73.4 cm³/mol. The van der Waals surface area contributed by atoms with Crippen LogP contribution in [0.15, 0.2) is 27.7 Å². The molecule has 2 aromatic rings. The van der Waals surface area contributed by atoms with Crippen LogP contribution >= 0.6 is 23.1 Å². The number of hydrogen-bond donors (Lipinski definition) is 1. The van der Waals surface area contributed by atoms with Gasteiger partial charge < -0.3 is 0 Å². The normalized spacial score (nSPS) is 10.4. The SMILES string of the molecule is CCSc1nnc(NC(=O)Cn2cnccc2=O)s1. The van der Waals surface area contributed by atoms with Crippen molar-refractivity contribution in [3.63, 3.8) is 0 Å². The van der Waals surface area contributed by atoms with E-state index in [1.165, 1.54) is 34.5 Å². The van der Waals surface area contributed by atoms with Gasteiger partial charge in [-0.05, 0) is 5.75 Å². The number of carbonyl (C=O) groups is 1. The summed E-state index contributed by atoms with van der Waals surface area (Å²) in [5.74, 6) is 0.563. The van der Waals surface area contributed by atoms with Crippen LogP contribution in [0.5, 0.6) is 0 Å². The molecule has 0 aliphatic rings. The first-order valence-electron chi connectivity index (χ1n) is 5.45. The molecular formula is C10H11N5O2S2. The summed E-state index contributed by atoms with van der Waals surface area (Å²) in [6, 6.07) is 1.30. The Hall–Kier alpha value is -1.74. The minimum Gasteiger partial charge on any atom is -0.299 e. The zero-order chi connectivity index (χ0) is 13.7. The number of rotatable bonds is 5. The van der Waals surface area contributed by atoms with E-state index in [1.807, 2.05) is 6.92 Å². The number of amides is 1. The Kier molecular flexibility index (Phi) is 4.63. The van der Waals surface area contributed by atoms with Crippen molar-refractivity contribution in [2.45, 2.75) is 17.8 Å². The van der Waals surface area contributed by atoms with Crippen molar-refractivity contribution >= 4 is 34.1 Å². The standard InChI is InChI=1S/C10H11N5O2S2/c1-2-18-10-14-13-9(19-10)12-7(16)5-15-6-11-4-3-8(15)17/h3-4,6H,2,5H2,1H3,(H,12,13,16). The van der Waals surface area contributed by atoms with Gasteiger partial charge in [0.1, 0.15) is 6.54 Å². The number of nitrogens with one attached hydrogen (secondary N) is 1. The van der Waals surface area contributed by atoms with E-state index >= 15 is 0 Å². The second-order valence-corrected chi connectivity index (χ2v) is 5.89. The topological polar surface area (TPSA) is 89.8 Å². The molecule has 9 heteroatoms. The molecule has 0 atom stereocenters. The minimum absolute atomic E-state index is 0.0947. The van der Waals surface area contributed by atoms with Crippen LogP contribution in [0, 0.1) is 0 Å². The molecule has 0 radical (unpaired) electrons. The average Bonchev–Trinajstić information content (AvgIpc) is 2.80. The van der Waals surface area contributed by atoms with Gasteiger partial charge in [0.2, 0.25) is 11.0 Å². The van der Waals surface area contributed by atoms with Crippen LogP contribution in [0.2, 0.25) is 0 Å². The Labute approximate surface area is 117 Å². The molecule has 0 bridgehead atoms. The number of anilines is 1. The van der Waals surface area contributed by atoms with Crippen molar-refractivity contribution in [3.05, 3.63) is 28.9 Å². The fourth-order valence-corrected chi connectivity index (χ4v) is 2.92. The highest BCUT2D eigenvalue weighted by atomic mass is 32.2. The van der Waals surface area contributed by atoms with Crippen molar-refractivity contribution in [3.8, 4) is 0 Å². The molecular weight excluding hydrogens is 286 g/mol. The van der Waals surface area contributed by atoms with Crippen LogP contribution in [0.4, 0.5) is 5.13 Å². The van der Waals surface area contributed by atoms with Crippen LogP contribution in [0.3, 0.4) is 0 Å². The van der Waals surface area contributed by atoms with Gasteiger partial charge in [-0.3, -0.25) is 19.5 Å². The van der Waals surface area contributed by atoms with Gasteiger partial charge in [-0.15, -0.1) is 10.2 Å². The maximum atomic E-state index is 11.7. The first-order chi connectivity index (χ1) is 9.19. The zero-order valence-corrected chi connectivity index (χ0v) is 11.7. The van der Waals surface area contributed by atoms with Gasteiger partial charge in [-0.25, -0.2) is 4.98 Å². The largest absolute Gasteiger partial charge is 0.299 e. The third-order valence-corrected chi connectivity index (χ3v) is 3.88. The van der Waals surface area contributed by atoms with Gasteiger partial charge in [0, 0.05) is 12.3 Å². The summed E-state index contributed by atoms with van der Waals surface area (Å²) in [6.45, 7) is 1.92. The molecule has 0 fully saturated rings. The number of thioether (sulfide) groups is 1. The van der Waals surface area contributed by atoms with Crippen LogP contribution in [0.25, 0.3) is 0 Å². The maximum absolute atomic E-state index is 11.7. The highest BCUT2D eigenvalue weighted by molar-refractivity contribution is 8.01. The number of aromatic nitrogens is 4. The molecule has 1 N–H and O–H groups in total. The molecule has 7 nitrogen and oxygen atoms in total. The smallest absolute Gasteiger partial charge is 0.253 e. The van der Waals surface area contributed by atoms with E-state index in [-0.39, 0.29) is 18.0 Å². The van der Waals surface area contributed by atoms with E-state index in [4.69, 9.17) is 0 Å². The highest BCUT2D eigenvalue weighted by Crippen LogP contribution is 2.24. The van der Waals surface area contributed by atoms with Gasteiger partial charge in [-0.2, -0.15) is 0 Å². The van der Waals surface area contributed by atoms with Gasteiger partial charge in [0.05, 0.1) is 6.33 Å². The van der Waals surface area contributed by atoms with Crippen molar-refractivity contribution in [1.82, 2.24) is 19.7 Å². The molecule has 19 heavy (non-hydrogen) atoms. The fourth-order valence-electron chi connectivity index (χ4n) is 1.25. The predicted octanol–water partition coefficient (Wildman–Crippen LogP) is 0.846. The third-order valence-electron chi connectivity index (χ3n) is 2.03. The Bertz CT molecular complexity index is 624. The quantitative estimate of drug-likeness (QED) is 0.650. The second-order valence-electron chi connectivity index (χ2n) is 3.40. The van der Waals surface area contributed by atoms with Crippen LogP contribution < -0.4 is 10.9 Å². The molecule has 0 spiro atoms. The first-order valence-corrected chi connectivity index (χ1v) is 7.26. The highest BCUT2D eigenvalue weighted by Gasteiger charge is 2.09. The second kappa shape index (κ2) is 6.43. The summed E-state index contributed by atoms with van der Waals surface area (Å²) in [6.07, 6.45) is 2.70. The van der Waals surface area contributed by atoms with Crippen LogP contribution in [0.1, 0.15) is 6.92 Å². The molecule has 2 rings (SSSR count). The number of nitrogens with zero attached hydrogens (tertiary/aromatic N) is 4. The lowest BCUT2D eigenvalue weighted by molar-refractivity contribution is -0.116. The zero-order valence-electron chi connectivity index (χ0n) is 10.1. The lowest BCUT2D eigenvalue weighted by Crippen LogP contribution is -2.26. The van der Waals surface area contributed by atoms with E-state index in [0.29, 0.717) is 5.13 Å². The summed E-state index contributed by atoms with van der Waals surface area (Å²) < 4.78 is 2.02. The molecule has 2 aromatic heterocycles. The van der Waals surface area contributed by atoms with E-state index in [9.17, 15) is 9.59 Å². The average molecular weight is 297 g/mol.